The molecular formula is C31H30ClFN2O4S. The van der Waals surface area contributed by atoms with Gasteiger partial charge in [-0.1, -0.05) is 71.8 Å². The number of carboxylic acid groups (broad SMARTS) is 1. The van der Waals surface area contributed by atoms with Crippen molar-refractivity contribution >= 4 is 33.3 Å². The maximum absolute atomic E-state index is 13.5. The molecule has 0 aliphatic heterocycles. The van der Waals surface area contributed by atoms with Crippen molar-refractivity contribution in [1.29, 1.82) is 0 Å². The number of carboxylic acids is 1. The zero-order chi connectivity index (χ0) is 28.7. The second-order valence-electron chi connectivity index (χ2n) is 9.60. The van der Waals surface area contributed by atoms with Gasteiger partial charge in [-0.25, -0.2) is 22.3 Å². The summed E-state index contributed by atoms with van der Waals surface area (Å²) in [7, 11) is -3.88. The van der Waals surface area contributed by atoms with Gasteiger partial charge in [0.2, 0.25) is 10.0 Å². The molecule has 3 N–H and O–H groups in total. The van der Waals surface area contributed by atoms with E-state index in [0.717, 1.165) is 17.5 Å². The van der Waals surface area contributed by atoms with Crippen LogP contribution >= 0.6 is 11.6 Å². The molecule has 1 atom stereocenters. The Morgan fingerprint density at radius 1 is 0.950 bits per heavy atom. The molecule has 0 radical (unpaired) electrons. The van der Waals surface area contributed by atoms with Gasteiger partial charge in [-0.15, -0.1) is 0 Å². The molecule has 0 aromatic heterocycles. The molecule has 0 aliphatic carbocycles. The number of nitrogens with one attached hydrogen (secondary N) is 2. The average Bonchev–Trinajstić information content (AvgIpc) is 2.95. The van der Waals surface area contributed by atoms with Gasteiger partial charge in [0.15, 0.2) is 0 Å². The summed E-state index contributed by atoms with van der Waals surface area (Å²) in [5.74, 6) is -1.72. The topological polar surface area (TPSA) is 95.5 Å². The van der Waals surface area contributed by atoms with Crippen molar-refractivity contribution in [3.8, 4) is 0 Å². The van der Waals surface area contributed by atoms with E-state index in [1.54, 1.807) is 36.4 Å². The third-order valence-electron chi connectivity index (χ3n) is 6.69. The maximum Gasteiger partial charge on any atom is 0.337 e. The molecule has 0 saturated heterocycles. The van der Waals surface area contributed by atoms with Gasteiger partial charge in [0.25, 0.3) is 0 Å². The summed E-state index contributed by atoms with van der Waals surface area (Å²) in [6.07, 6.45) is 1.46. The van der Waals surface area contributed by atoms with Gasteiger partial charge in [-0.05, 0) is 72.9 Å². The van der Waals surface area contributed by atoms with Crippen LogP contribution in [0, 0.1) is 12.7 Å². The first-order chi connectivity index (χ1) is 19.1. The Hall–Kier alpha value is -3.72. The molecule has 0 saturated carbocycles. The predicted octanol–water partition coefficient (Wildman–Crippen LogP) is 6.79. The van der Waals surface area contributed by atoms with Crippen LogP contribution in [0.4, 0.5) is 10.1 Å². The van der Waals surface area contributed by atoms with Crippen LogP contribution in [-0.2, 0) is 23.0 Å². The molecule has 6 nitrogen and oxygen atoms in total. The van der Waals surface area contributed by atoms with Crippen molar-refractivity contribution in [2.75, 3.05) is 11.9 Å². The van der Waals surface area contributed by atoms with Crippen molar-refractivity contribution in [3.63, 3.8) is 0 Å². The van der Waals surface area contributed by atoms with Crippen LogP contribution in [0.15, 0.2) is 95.9 Å². The fourth-order valence-electron chi connectivity index (χ4n) is 4.39. The summed E-state index contributed by atoms with van der Waals surface area (Å²) in [5.41, 5.74) is 4.33. The first-order valence-electron chi connectivity index (χ1n) is 12.8. The molecule has 9 heteroatoms. The molecule has 0 bridgehead atoms. The lowest BCUT2D eigenvalue weighted by atomic mass is 9.92. The molecule has 0 fully saturated rings. The van der Waals surface area contributed by atoms with Crippen LogP contribution in [0.3, 0.4) is 0 Å². The van der Waals surface area contributed by atoms with Gasteiger partial charge >= 0.3 is 5.97 Å². The normalized spacial score (nSPS) is 12.2. The minimum Gasteiger partial charge on any atom is -0.478 e. The van der Waals surface area contributed by atoms with E-state index in [-0.39, 0.29) is 27.9 Å². The Kier molecular flexibility index (Phi) is 9.58. The molecule has 0 spiro atoms. The molecule has 40 heavy (non-hydrogen) atoms. The Bertz CT molecular complexity index is 1590. The summed E-state index contributed by atoms with van der Waals surface area (Å²) in [5, 5.41) is 12.8. The molecule has 4 aromatic carbocycles. The smallest absolute Gasteiger partial charge is 0.337 e. The van der Waals surface area contributed by atoms with Crippen LogP contribution in [0.1, 0.15) is 45.0 Å². The number of rotatable bonds is 12. The number of anilines is 1. The van der Waals surface area contributed by atoms with Gasteiger partial charge in [0.1, 0.15) is 5.82 Å². The number of benzene rings is 4. The van der Waals surface area contributed by atoms with E-state index in [2.05, 4.69) is 34.3 Å². The highest BCUT2D eigenvalue weighted by atomic mass is 35.5. The zero-order valence-corrected chi connectivity index (χ0v) is 23.5. The van der Waals surface area contributed by atoms with E-state index in [4.69, 9.17) is 11.6 Å². The van der Waals surface area contributed by atoms with E-state index in [1.807, 2.05) is 13.0 Å². The van der Waals surface area contributed by atoms with E-state index in [9.17, 15) is 22.7 Å². The van der Waals surface area contributed by atoms with E-state index >= 15 is 0 Å². The summed E-state index contributed by atoms with van der Waals surface area (Å²) in [6, 6.07) is 25.8. The van der Waals surface area contributed by atoms with Crippen molar-refractivity contribution in [2.45, 2.75) is 37.1 Å². The largest absolute Gasteiger partial charge is 0.478 e. The first kappa shape index (κ1) is 29.3. The van der Waals surface area contributed by atoms with Crippen molar-refractivity contribution < 1.29 is 22.7 Å². The monoisotopic (exact) mass is 580 g/mol. The summed E-state index contributed by atoms with van der Waals surface area (Å²) < 4.78 is 42.3. The molecule has 0 amide bonds. The molecular weight excluding hydrogens is 551 g/mol. The van der Waals surface area contributed by atoms with Gasteiger partial charge in [-0.3, -0.25) is 0 Å². The quantitative estimate of drug-likeness (QED) is 0.171. The second kappa shape index (κ2) is 13.1. The second-order valence-corrected chi connectivity index (χ2v) is 11.8. The standard InChI is InChI=1S/C31H30ClFN2O4S/c1-21-9-11-22(12-10-21)13-15-25(20-34-30-8-3-2-7-27(30)31(36)37)24-5-4-6-26(18-24)40(38,39)35-19-23-14-16-29(33)28(32)17-23/h2-12,14,16-18,25,34-35H,13,15,19-20H2,1H3,(H,36,37). The van der Waals surface area contributed by atoms with E-state index < -0.39 is 21.8 Å². The van der Waals surface area contributed by atoms with E-state index in [1.165, 1.54) is 29.8 Å². The number of aromatic carboxylic acids is 1. The van der Waals surface area contributed by atoms with E-state index in [0.29, 0.717) is 24.2 Å². The van der Waals surface area contributed by atoms with Crippen molar-refractivity contribution in [2.24, 2.45) is 0 Å². The van der Waals surface area contributed by atoms with Crippen LogP contribution in [0.5, 0.6) is 0 Å². The molecule has 1 unspecified atom stereocenters. The Balaban J connectivity index is 1.56. The third kappa shape index (κ3) is 7.69. The summed E-state index contributed by atoms with van der Waals surface area (Å²) in [4.78, 5) is 11.8. The predicted molar refractivity (Wildman–Crippen MR) is 156 cm³/mol. The molecule has 4 rings (SSSR count). The van der Waals surface area contributed by atoms with Crippen molar-refractivity contribution in [1.82, 2.24) is 4.72 Å². The van der Waals surface area contributed by atoms with Gasteiger partial charge < -0.3 is 10.4 Å². The Morgan fingerprint density at radius 3 is 2.40 bits per heavy atom. The number of sulfonamides is 1. The summed E-state index contributed by atoms with van der Waals surface area (Å²) in [6.45, 7) is 2.39. The van der Waals surface area contributed by atoms with Crippen molar-refractivity contribution in [3.05, 3.63) is 130 Å². The average molecular weight is 581 g/mol. The minimum atomic E-state index is -3.88. The highest BCUT2D eigenvalue weighted by molar-refractivity contribution is 7.89. The zero-order valence-electron chi connectivity index (χ0n) is 21.9. The first-order valence-corrected chi connectivity index (χ1v) is 14.6. The lowest BCUT2D eigenvalue weighted by Gasteiger charge is -2.21. The maximum atomic E-state index is 13.5. The third-order valence-corrected chi connectivity index (χ3v) is 8.38. The Labute approximate surface area is 238 Å². The number of hydrogen-bond acceptors (Lipinski definition) is 4. The highest BCUT2D eigenvalue weighted by Gasteiger charge is 2.19. The van der Waals surface area contributed by atoms with Crippen LogP contribution in [0.25, 0.3) is 0 Å². The van der Waals surface area contributed by atoms with Crippen LogP contribution in [-0.4, -0.2) is 26.0 Å². The van der Waals surface area contributed by atoms with Gasteiger partial charge in [0, 0.05) is 24.7 Å². The van der Waals surface area contributed by atoms with Crippen LogP contribution < -0.4 is 10.0 Å². The minimum absolute atomic E-state index is 0.0447. The molecule has 0 heterocycles. The molecule has 208 valence electrons. The Morgan fingerprint density at radius 2 is 1.68 bits per heavy atom. The lowest BCUT2D eigenvalue weighted by molar-refractivity contribution is 0.0698. The van der Waals surface area contributed by atoms with Gasteiger partial charge in [0.05, 0.1) is 15.5 Å². The molecule has 4 aromatic rings. The number of halogens is 2. The number of hydrogen-bond donors (Lipinski definition) is 3. The SMILES string of the molecule is Cc1ccc(CCC(CNc2ccccc2C(=O)O)c2cccc(S(=O)(=O)NCc3ccc(F)c(Cl)c3)c2)cc1. The molecule has 0 aliphatic rings. The number of carbonyl (C=O) groups is 1. The number of para-hydroxylation sites is 1. The lowest BCUT2D eigenvalue weighted by Crippen LogP contribution is -2.23. The highest BCUT2D eigenvalue weighted by Crippen LogP contribution is 2.27. The fraction of sp³-hybridized carbons (Fsp3) is 0.194. The number of aryl methyl sites for hydroxylation is 2. The van der Waals surface area contributed by atoms with Gasteiger partial charge in [-0.2, -0.15) is 0 Å². The fourth-order valence-corrected chi connectivity index (χ4v) is 5.66. The van der Waals surface area contributed by atoms with Crippen LogP contribution in [0.2, 0.25) is 5.02 Å². The summed E-state index contributed by atoms with van der Waals surface area (Å²) >= 11 is 5.83.